The third-order valence-corrected chi connectivity index (χ3v) is 2.64. The second kappa shape index (κ2) is 4.74. The molecular weight excluding hydrogens is 212 g/mol. The van der Waals surface area contributed by atoms with Crippen LogP contribution in [0, 0.1) is 6.92 Å². The van der Waals surface area contributed by atoms with Gasteiger partial charge in [0.15, 0.2) is 0 Å². The first-order chi connectivity index (χ1) is 8.18. The summed E-state index contributed by atoms with van der Waals surface area (Å²) in [5.74, 6) is 0.206. The Labute approximate surface area is 100 Å². The molecule has 0 heterocycles. The summed E-state index contributed by atoms with van der Waals surface area (Å²) in [5, 5.41) is 19.5. The summed E-state index contributed by atoms with van der Waals surface area (Å²) in [7, 11) is 0. The van der Waals surface area contributed by atoms with Crippen molar-refractivity contribution in [3.05, 3.63) is 59.2 Å². The summed E-state index contributed by atoms with van der Waals surface area (Å²) in [5.41, 5.74) is 2.22. The quantitative estimate of drug-likeness (QED) is 0.768. The molecule has 2 aromatic carbocycles. The molecule has 0 bridgehead atoms. The van der Waals surface area contributed by atoms with Crippen LogP contribution in [0.4, 0.5) is 0 Å². The third kappa shape index (κ3) is 2.48. The molecular formula is C15H14O2. The maximum atomic E-state index is 9.85. The lowest BCUT2D eigenvalue weighted by Crippen LogP contribution is -1.81. The van der Waals surface area contributed by atoms with Crippen molar-refractivity contribution in [2.45, 2.75) is 6.92 Å². The van der Waals surface area contributed by atoms with E-state index in [1.54, 1.807) is 25.1 Å². The molecule has 2 N–H and O–H groups in total. The fourth-order valence-corrected chi connectivity index (χ4v) is 1.61. The minimum Gasteiger partial charge on any atom is -0.507 e. The number of hydrogen-bond donors (Lipinski definition) is 2. The zero-order valence-electron chi connectivity index (χ0n) is 9.59. The van der Waals surface area contributed by atoms with Crippen LogP contribution < -0.4 is 0 Å². The highest BCUT2D eigenvalue weighted by atomic mass is 16.3. The Morgan fingerprint density at radius 2 is 1.59 bits per heavy atom. The molecule has 2 rings (SSSR count). The first-order valence-corrected chi connectivity index (χ1v) is 5.43. The summed E-state index contributed by atoms with van der Waals surface area (Å²) in [6, 6.07) is 13.0. The molecule has 17 heavy (non-hydrogen) atoms. The molecule has 0 aliphatic heterocycles. The van der Waals surface area contributed by atoms with Gasteiger partial charge in [-0.2, -0.15) is 0 Å². The maximum Gasteiger partial charge on any atom is 0.129 e. The molecule has 0 atom stereocenters. The van der Waals surface area contributed by atoms with Crippen molar-refractivity contribution < 1.29 is 10.2 Å². The molecule has 0 amide bonds. The minimum absolute atomic E-state index is 0.0836. The van der Waals surface area contributed by atoms with E-state index in [9.17, 15) is 10.2 Å². The molecule has 0 spiro atoms. The smallest absolute Gasteiger partial charge is 0.129 e. The Hall–Kier alpha value is -2.22. The van der Waals surface area contributed by atoms with E-state index >= 15 is 0 Å². The summed E-state index contributed by atoms with van der Waals surface area (Å²) in [6.07, 6.45) is 3.57. The first-order valence-electron chi connectivity index (χ1n) is 5.43. The number of phenols is 2. The van der Waals surface area contributed by atoms with Crippen LogP contribution in [-0.2, 0) is 0 Å². The van der Waals surface area contributed by atoms with Crippen molar-refractivity contribution in [1.82, 2.24) is 0 Å². The predicted octanol–water partition coefficient (Wildman–Crippen LogP) is 3.58. The van der Waals surface area contributed by atoms with Crippen LogP contribution in [0.5, 0.6) is 11.5 Å². The average molecular weight is 226 g/mol. The Morgan fingerprint density at radius 3 is 2.29 bits per heavy atom. The molecule has 86 valence electrons. The summed E-state index contributed by atoms with van der Waals surface area (Å²) in [6.45, 7) is 1.80. The SMILES string of the molecule is Cc1ccc(O)c(C=Cc2ccccc2)c1O. The molecule has 0 aliphatic carbocycles. The number of rotatable bonds is 2. The summed E-state index contributed by atoms with van der Waals surface area (Å²) < 4.78 is 0. The molecule has 0 saturated carbocycles. The second-order valence-corrected chi connectivity index (χ2v) is 3.91. The number of hydrogen-bond acceptors (Lipinski definition) is 2. The van der Waals surface area contributed by atoms with Gasteiger partial charge in [0.25, 0.3) is 0 Å². The van der Waals surface area contributed by atoms with Crippen LogP contribution in [0.2, 0.25) is 0 Å². The molecule has 0 aliphatic rings. The van der Waals surface area contributed by atoms with Gasteiger partial charge in [-0.25, -0.2) is 0 Å². The van der Waals surface area contributed by atoms with E-state index in [1.165, 1.54) is 0 Å². The van der Waals surface area contributed by atoms with E-state index in [-0.39, 0.29) is 11.5 Å². The third-order valence-electron chi connectivity index (χ3n) is 2.64. The number of aromatic hydroxyl groups is 2. The van der Waals surface area contributed by atoms with Gasteiger partial charge in [0, 0.05) is 0 Å². The summed E-state index contributed by atoms with van der Waals surface area (Å²) in [4.78, 5) is 0. The van der Waals surface area contributed by atoms with E-state index in [0.717, 1.165) is 11.1 Å². The Kier molecular flexibility index (Phi) is 3.15. The van der Waals surface area contributed by atoms with Gasteiger partial charge in [-0.05, 0) is 30.2 Å². The van der Waals surface area contributed by atoms with Crippen molar-refractivity contribution in [3.63, 3.8) is 0 Å². The van der Waals surface area contributed by atoms with E-state index in [1.807, 2.05) is 36.4 Å². The molecule has 2 nitrogen and oxygen atoms in total. The molecule has 0 saturated heterocycles. The van der Waals surface area contributed by atoms with Crippen LogP contribution in [0.1, 0.15) is 16.7 Å². The van der Waals surface area contributed by atoms with E-state index in [0.29, 0.717) is 5.56 Å². The predicted molar refractivity (Wildman–Crippen MR) is 69.9 cm³/mol. The van der Waals surface area contributed by atoms with Gasteiger partial charge in [-0.1, -0.05) is 42.5 Å². The van der Waals surface area contributed by atoms with E-state index < -0.39 is 0 Å². The highest BCUT2D eigenvalue weighted by Crippen LogP contribution is 2.31. The zero-order valence-corrected chi connectivity index (χ0v) is 9.59. The van der Waals surface area contributed by atoms with Gasteiger partial charge in [0.1, 0.15) is 11.5 Å². The van der Waals surface area contributed by atoms with Crippen LogP contribution in [0.3, 0.4) is 0 Å². The standard InChI is InChI=1S/C15H14O2/c1-11-7-10-14(16)13(15(11)17)9-8-12-5-3-2-4-6-12/h2-10,16-17H,1H3. The van der Waals surface area contributed by atoms with E-state index in [4.69, 9.17) is 0 Å². The highest BCUT2D eigenvalue weighted by Gasteiger charge is 2.06. The molecule has 0 aromatic heterocycles. The fourth-order valence-electron chi connectivity index (χ4n) is 1.61. The lowest BCUT2D eigenvalue weighted by Gasteiger charge is -2.05. The van der Waals surface area contributed by atoms with Crippen LogP contribution in [-0.4, -0.2) is 10.2 Å². The van der Waals surface area contributed by atoms with Gasteiger partial charge in [0.05, 0.1) is 5.56 Å². The van der Waals surface area contributed by atoms with Crippen molar-refractivity contribution in [2.75, 3.05) is 0 Å². The Morgan fingerprint density at radius 1 is 0.882 bits per heavy atom. The zero-order chi connectivity index (χ0) is 12.3. The molecule has 0 unspecified atom stereocenters. The molecule has 2 heteroatoms. The van der Waals surface area contributed by atoms with Crippen molar-refractivity contribution in [2.24, 2.45) is 0 Å². The number of phenolic OH excluding ortho intramolecular Hbond substituents is 2. The maximum absolute atomic E-state index is 9.85. The van der Waals surface area contributed by atoms with Gasteiger partial charge < -0.3 is 10.2 Å². The highest BCUT2D eigenvalue weighted by molar-refractivity contribution is 5.76. The largest absolute Gasteiger partial charge is 0.507 e. The lowest BCUT2D eigenvalue weighted by molar-refractivity contribution is 0.445. The van der Waals surface area contributed by atoms with Crippen molar-refractivity contribution >= 4 is 12.2 Å². The second-order valence-electron chi connectivity index (χ2n) is 3.91. The molecule has 0 radical (unpaired) electrons. The Bertz CT molecular complexity index is 542. The van der Waals surface area contributed by atoms with Crippen LogP contribution >= 0.6 is 0 Å². The van der Waals surface area contributed by atoms with Gasteiger partial charge >= 0.3 is 0 Å². The topological polar surface area (TPSA) is 40.5 Å². The van der Waals surface area contributed by atoms with Crippen molar-refractivity contribution in [1.29, 1.82) is 0 Å². The average Bonchev–Trinajstić information content (AvgIpc) is 2.35. The van der Waals surface area contributed by atoms with Gasteiger partial charge in [-0.3, -0.25) is 0 Å². The normalized spacial score (nSPS) is 10.9. The van der Waals surface area contributed by atoms with Gasteiger partial charge in [0.2, 0.25) is 0 Å². The Balaban J connectivity index is 2.37. The van der Waals surface area contributed by atoms with Crippen LogP contribution in [0.25, 0.3) is 12.2 Å². The summed E-state index contributed by atoms with van der Waals surface area (Å²) >= 11 is 0. The van der Waals surface area contributed by atoms with E-state index in [2.05, 4.69) is 0 Å². The van der Waals surface area contributed by atoms with Gasteiger partial charge in [-0.15, -0.1) is 0 Å². The number of benzene rings is 2. The lowest BCUT2D eigenvalue weighted by atomic mass is 10.1. The first kappa shape index (κ1) is 11.3. The molecule has 2 aromatic rings. The number of aryl methyl sites for hydroxylation is 1. The van der Waals surface area contributed by atoms with Crippen molar-refractivity contribution in [3.8, 4) is 11.5 Å². The monoisotopic (exact) mass is 226 g/mol. The van der Waals surface area contributed by atoms with Crippen LogP contribution in [0.15, 0.2) is 42.5 Å². The molecule has 0 fully saturated rings. The minimum atomic E-state index is 0.0836. The fraction of sp³-hybridized carbons (Fsp3) is 0.0667.